The van der Waals surface area contributed by atoms with E-state index in [1.54, 1.807) is 0 Å². The molecule has 1 fully saturated rings. The lowest BCUT2D eigenvalue weighted by molar-refractivity contribution is 0.102. The molecule has 1 saturated heterocycles. The fraction of sp³-hybridized carbons (Fsp3) is 0.227. The second-order valence-corrected chi connectivity index (χ2v) is 7.34. The molecule has 0 aliphatic carbocycles. The highest BCUT2D eigenvalue weighted by Crippen LogP contribution is 2.35. The number of piperazine rings is 1. The maximum atomic E-state index is 12.8. The summed E-state index contributed by atoms with van der Waals surface area (Å²) in [6.07, 6.45) is 1.93. The van der Waals surface area contributed by atoms with Crippen molar-refractivity contribution in [1.82, 2.24) is 9.88 Å². The first kappa shape index (κ1) is 18.6. The molecule has 5 nitrogen and oxygen atoms in total. The summed E-state index contributed by atoms with van der Waals surface area (Å²) in [6.45, 7) is 8.28. The summed E-state index contributed by atoms with van der Waals surface area (Å²) >= 11 is 6.52. The van der Waals surface area contributed by atoms with Gasteiger partial charge >= 0.3 is 0 Å². The van der Waals surface area contributed by atoms with E-state index in [0.29, 0.717) is 10.7 Å². The van der Waals surface area contributed by atoms with Crippen LogP contribution < -0.4 is 10.2 Å². The molecule has 0 atom stereocenters. The van der Waals surface area contributed by atoms with Crippen molar-refractivity contribution >= 4 is 39.8 Å². The van der Waals surface area contributed by atoms with Crippen LogP contribution in [0.25, 0.3) is 10.9 Å². The van der Waals surface area contributed by atoms with E-state index in [4.69, 9.17) is 11.6 Å². The first-order valence-electron chi connectivity index (χ1n) is 9.41. The summed E-state index contributed by atoms with van der Waals surface area (Å²) < 4.78 is 0. The Hall–Kier alpha value is -2.76. The lowest BCUT2D eigenvalue weighted by atomic mass is 10.2. The molecule has 2 heterocycles. The summed E-state index contributed by atoms with van der Waals surface area (Å²) in [5.74, 6) is -0.176. The second-order valence-electron chi connectivity index (χ2n) is 6.94. The van der Waals surface area contributed by atoms with Gasteiger partial charge in [0, 0.05) is 43.6 Å². The highest BCUT2D eigenvalue weighted by molar-refractivity contribution is 6.34. The van der Waals surface area contributed by atoms with Gasteiger partial charge in [0.25, 0.3) is 5.91 Å². The van der Waals surface area contributed by atoms with E-state index in [-0.39, 0.29) is 5.91 Å². The summed E-state index contributed by atoms with van der Waals surface area (Å²) in [5, 5.41) is 4.69. The van der Waals surface area contributed by atoms with Gasteiger partial charge in [0.15, 0.2) is 0 Å². The highest BCUT2D eigenvalue weighted by atomic mass is 35.5. The number of carbonyl (C=O) groups is 1. The molecule has 1 amide bonds. The van der Waals surface area contributed by atoms with E-state index in [0.717, 1.165) is 55.0 Å². The largest absolute Gasteiger partial charge is 0.366 e. The van der Waals surface area contributed by atoms with Gasteiger partial charge in [-0.2, -0.15) is 0 Å². The smallest absolute Gasteiger partial charge is 0.272 e. The van der Waals surface area contributed by atoms with Crippen molar-refractivity contribution in [3.63, 3.8) is 0 Å². The summed E-state index contributed by atoms with van der Waals surface area (Å²) in [6, 6.07) is 15.3. The molecule has 0 bridgehead atoms. The van der Waals surface area contributed by atoms with Crippen LogP contribution in [0, 0.1) is 0 Å². The van der Waals surface area contributed by atoms with Gasteiger partial charge in [-0.15, -0.1) is 6.58 Å². The number of nitrogens with zero attached hydrogens (tertiary/aromatic N) is 2. The number of hydrogen-bond donors (Lipinski definition) is 2. The molecule has 2 aromatic carbocycles. The van der Waals surface area contributed by atoms with Crippen LogP contribution in [0.5, 0.6) is 0 Å². The Balaban J connectivity index is 1.56. The molecule has 1 aliphatic rings. The van der Waals surface area contributed by atoms with Gasteiger partial charge in [0.1, 0.15) is 5.69 Å². The fourth-order valence-corrected chi connectivity index (χ4v) is 3.95. The Morgan fingerprint density at radius 2 is 1.93 bits per heavy atom. The predicted octanol–water partition coefficient (Wildman–Crippen LogP) is 4.38. The van der Waals surface area contributed by atoms with Gasteiger partial charge in [0.2, 0.25) is 0 Å². The second kappa shape index (κ2) is 8.09. The third kappa shape index (κ3) is 3.77. The van der Waals surface area contributed by atoms with Crippen LogP contribution >= 0.6 is 11.6 Å². The predicted molar refractivity (Wildman–Crippen MR) is 117 cm³/mol. The molecular formula is C22H23ClN4O. The first-order valence-corrected chi connectivity index (χ1v) is 9.79. The number of para-hydroxylation sites is 2. The maximum absolute atomic E-state index is 12.8. The minimum atomic E-state index is -0.176. The molecule has 1 aromatic heterocycles. The van der Waals surface area contributed by atoms with Gasteiger partial charge in [-0.3, -0.25) is 9.69 Å². The topological polar surface area (TPSA) is 51.4 Å². The number of aromatic nitrogens is 1. The number of halogens is 1. The molecule has 0 spiro atoms. The SMILES string of the molecule is C=CCN1CCN(c2c(Cl)cccc2NC(=O)c2cc3ccccc3[nH]2)CC1. The Morgan fingerprint density at radius 3 is 2.68 bits per heavy atom. The third-order valence-electron chi connectivity index (χ3n) is 5.09. The molecule has 0 unspecified atom stereocenters. The third-order valence-corrected chi connectivity index (χ3v) is 5.39. The van der Waals surface area contributed by atoms with Crippen molar-refractivity contribution in [2.75, 3.05) is 42.9 Å². The average Bonchev–Trinajstić information content (AvgIpc) is 3.14. The zero-order valence-electron chi connectivity index (χ0n) is 15.6. The van der Waals surface area contributed by atoms with Crippen LogP contribution in [-0.4, -0.2) is 48.5 Å². The monoisotopic (exact) mass is 394 g/mol. The van der Waals surface area contributed by atoms with Crippen LogP contribution in [0.1, 0.15) is 10.5 Å². The molecule has 0 saturated carbocycles. The van der Waals surface area contributed by atoms with Gasteiger partial charge < -0.3 is 15.2 Å². The Bertz CT molecular complexity index is 972. The molecule has 3 aromatic rings. The molecule has 6 heteroatoms. The van der Waals surface area contributed by atoms with Crippen LogP contribution in [0.3, 0.4) is 0 Å². The van der Waals surface area contributed by atoms with Gasteiger partial charge in [-0.1, -0.05) is 41.9 Å². The van der Waals surface area contributed by atoms with Gasteiger partial charge in [-0.05, 0) is 24.3 Å². The quantitative estimate of drug-likeness (QED) is 0.631. The van der Waals surface area contributed by atoms with E-state index >= 15 is 0 Å². The number of carbonyl (C=O) groups excluding carboxylic acids is 1. The molecular weight excluding hydrogens is 372 g/mol. The van der Waals surface area contributed by atoms with Gasteiger partial charge in [-0.25, -0.2) is 0 Å². The molecule has 1 aliphatic heterocycles. The van der Waals surface area contributed by atoms with Crippen LogP contribution in [0.2, 0.25) is 5.02 Å². The van der Waals surface area contributed by atoms with E-state index in [1.165, 1.54) is 0 Å². The van der Waals surface area contributed by atoms with E-state index in [9.17, 15) is 4.79 Å². The number of hydrogen-bond acceptors (Lipinski definition) is 3. The maximum Gasteiger partial charge on any atom is 0.272 e. The van der Waals surface area contributed by atoms with E-state index in [2.05, 4.69) is 26.7 Å². The summed E-state index contributed by atoms with van der Waals surface area (Å²) in [7, 11) is 0. The minimum absolute atomic E-state index is 0.176. The van der Waals surface area contributed by atoms with Crippen molar-refractivity contribution in [2.24, 2.45) is 0 Å². The van der Waals surface area contributed by atoms with Crippen molar-refractivity contribution in [3.8, 4) is 0 Å². The van der Waals surface area contributed by atoms with Crippen LogP contribution in [0.15, 0.2) is 61.2 Å². The number of nitrogens with one attached hydrogen (secondary N) is 2. The molecule has 4 rings (SSSR count). The van der Waals surface area contributed by atoms with Crippen molar-refractivity contribution in [3.05, 3.63) is 71.9 Å². The number of fused-ring (bicyclic) bond motifs is 1. The lowest BCUT2D eigenvalue weighted by Crippen LogP contribution is -2.46. The van der Waals surface area contributed by atoms with Crippen molar-refractivity contribution in [2.45, 2.75) is 0 Å². The molecule has 2 N–H and O–H groups in total. The normalized spacial score (nSPS) is 15.0. The number of amides is 1. The Kier molecular flexibility index (Phi) is 5.37. The summed E-state index contributed by atoms with van der Waals surface area (Å²) in [5.41, 5.74) is 3.08. The Labute approximate surface area is 169 Å². The molecule has 144 valence electrons. The zero-order valence-corrected chi connectivity index (χ0v) is 16.4. The summed E-state index contributed by atoms with van der Waals surface area (Å²) in [4.78, 5) is 20.6. The first-order chi connectivity index (χ1) is 13.7. The zero-order chi connectivity index (χ0) is 19.5. The molecule has 28 heavy (non-hydrogen) atoms. The van der Waals surface area contributed by atoms with Crippen LogP contribution in [-0.2, 0) is 0 Å². The minimum Gasteiger partial charge on any atom is -0.366 e. The van der Waals surface area contributed by atoms with E-state index in [1.807, 2.05) is 54.6 Å². The van der Waals surface area contributed by atoms with E-state index < -0.39 is 0 Å². The standard InChI is InChI=1S/C22H23ClN4O/c1-2-10-26-11-13-27(14-12-26)21-17(23)7-5-9-19(21)25-22(28)20-15-16-6-3-4-8-18(16)24-20/h2-9,15,24H,1,10-14H2,(H,25,28). The number of H-pyrrole nitrogens is 1. The highest BCUT2D eigenvalue weighted by Gasteiger charge is 2.22. The number of aromatic amines is 1. The Morgan fingerprint density at radius 1 is 1.14 bits per heavy atom. The van der Waals surface area contributed by atoms with Crippen molar-refractivity contribution < 1.29 is 4.79 Å². The van der Waals surface area contributed by atoms with Crippen molar-refractivity contribution in [1.29, 1.82) is 0 Å². The number of anilines is 2. The van der Waals surface area contributed by atoms with Crippen LogP contribution in [0.4, 0.5) is 11.4 Å². The fourth-order valence-electron chi connectivity index (χ4n) is 3.66. The number of rotatable bonds is 5. The average molecular weight is 395 g/mol. The molecule has 0 radical (unpaired) electrons. The van der Waals surface area contributed by atoms with Gasteiger partial charge in [0.05, 0.1) is 16.4 Å². The lowest BCUT2D eigenvalue weighted by Gasteiger charge is -2.36. The number of benzene rings is 2.